The van der Waals surface area contributed by atoms with Crippen LogP contribution in [0.1, 0.15) is 36.8 Å². The van der Waals surface area contributed by atoms with Gasteiger partial charge < -0.3 is 0 Å². The maximum absolute atomic E-state index is 8.79. The van der Waals surface area contributed by atoms with Gasteiger partial charge in [-0.25, -0.2) is 0 Å². The standard InChI is InChI=1S/C13H13N/c14-10-11-5-4-8-13(9-11)12-6-2-1-3-7-12/h4-6,8-9H,1-3,7H2. The van der Waals surface area contributed by atoms with Gasteiger partial charge in [-0.2, -0.15) is 5.26 Å². The zero-order chi connectivity index (χ0) is 9.80. The number of nitrogens with zero attached hydrogens (tertiary/aromatic N) is 1. The highest BCUT2D eigenvalue weighted by molar-refractivity contribution is 5.67. The topological polar surface area (TPSA) is 23.8 Å². The molecule has 0 aliphatic heterocycles. The molecule has 14 heavy (non-hydrogen) atoms. The van der Waals surface area contributed by atoms with Crippen molar-refractivity contribution in [1.29, 1.82) is 5.26 Å². The predicted molar refractivity (Wildman–Crippen MR) is 57.6 cm³/mol. The second-order valence-electron chi connectivity index (χ2n) is 3.67. The molecule has 1 nitrogen and oxygen atoms in total. The van der Waals surface area contributed by atoms with Gasteiger partial charge in [0.15, 0.2) is 0 Å². The third kappa shape index (κ3) is 1.85. The van der Waals surface area contributed by atoms with E-state index < -0.39 is 0 Å². The molecule has 1 aliphatic carbocycles. The fourth-order valence-corrected chi connectivity index (χ4v) is 1.89. The number of hydrogen-bond donors (Lipinski definition) is 0. The zero-order valence-electron chi connectivity index (χ0n) is 8.16. The Hall–Kier alpha value is -1.55. The van der Waals surface area contributed by atoms with Gasteiger partial charge in [0.1, 0.15) is 0 Å². The first kappa shape index (κ1) is 9.02. The van der Waals surface area contributed by atoms with E-state index in [9.17, 15) is 0 Å². The maximum Gasteiger partial charge on any atom is 0.0991 e. The Kier molecular flexibility index (Phi) is 2.65. The molecule has 0 bridgehead atoms. The van der Waals surface area contributed by atoms with Crippen molar-refractivity contribution in [1.82, 2.24) is 0 Å². The van der Waals surface area contributed by atoms with E-state index in [1.165, 1.54) is 30.4 Å². The van der Waals surface area contributed by atoms with E-state index >= 15 is 0 Å². The number of hydrogen-bond acceptors (Lipinski definition) is 1. The minimum Gasteiger partial charge on any atom is -0.192 e. The maximum atomic E-state index is 8.79. The fourth-order valence-electron chi connectivity index (χ4n) is 1.89. The van der Waals surface area contributed by atoms with Crippen LogP contribution in [-0.2, 0) is 0 Å². The predicted octanol–water partition coefficient (Wildman–Crippen LogP) is 3.52. The molecule has 0 amide bonds. The van der Waals surface area contributed by atoms with Gasteiger partial charge in [-0.05, 0) is 49.0 Å². The SMILES string of the molecule is N#Cc1cccc(C2=CCCCC2)c1. The van der Waals surface area contributed by atoms with E-state index in [1.807, 2.05) is 18.2 Å². The van der Waals surface area contributed by atoms with Crippen LogP contribution in [0.3, 0.4) is 0 Å². The molecule has 0 unspecified atom stereocenters. The molecule has 1 aliphatic rings. The third-order valence-electron chi connectivity index (χ3n) is 2.65. The van der Waals surface area contributed by atoms with Crippen LogP contribution in [-0.4, -0.2) is 0 Å². The van der Waals surface area contributed by atoms with Crippen LogP contribution in [0, 0.1) is 11.3 Å². The lowest BCUT2D eigenvalue weighted by Gasteiger charge is -2.12. The van der Waals surface area contributed by atoms with E-state index in [2.05, 4.69) is 18.2 Å². The van der Waals surface area contributed by atoms with Crippen molar-refractivity contribution >= 4 is 5.57 Å². The van der Waals surface area contributed by atoms with Gasteiger partial charge in [0.05, 0.1) is 11.6 Å². The molecule has 0 atom stereocenters. The van der Waals surface area contributed by atoms with E-state index in [0.717, 1.165) is 12.0 Å². The highest BCUT2D eigenvalue weighted by atomic mass is 14.2. The lowest BCUT2D eigenvalue weighted by molar-refractivity contribution is 0.742. The van der Waals surface area contributed by atoms with Gasteiger partial charge in [0, 0.05) is 0 Å². The molecule has 0 aromatic heterocycles. The highest BCUT2D eigenvalue weighted by Gasteiger charge is 2.06. The van der Waals surface area contributed by atoms with Crippen LogP contribution < -0.4 is 0 Å². The molecule has 2 rings (SSSR count). The number of allylic oxidation sites excluding steroid dienone is 2. The fraction of sp³-hybridized carbons (Fsp3) is 0.308. The third-order valence-corrected chi connectivity index (χ3v) is 2.65. The molecular formula is C13H13N. The van der Waals surface area contributed by atoms with Crippen molar-refractivity contribution in [3.63, 3.8) is 0 Å². The molecule has 0 spiro atoms. The monoisotopic (exact) mass is 183 g/mol. The largest absolute Gasteiger partial charge is 0.192 e. The average molecular weight is 183 g/mol. The quantitative estimate of drug-likeness (QED) is 0.653. The van der Waals surface area contributed by atoms with Gasteiger partial charge in [-0.1, -0.05) is 18.2 Å². The Balaban J connectivity index is 2.32. The minimum atomic E-state index is 0.758. The minimum absolute atomic E-state index is 0.758. The van der Waals surface area contributed by atoms with E-state index in [0.29, 0.717) is 0 Å². The molecule has 0 N–H and O–H groups in total. The lowest BCUT2D eigenvalue weighted by atomic mass is 9.93. The van der Waals surface area contributed by atoms with E-state index in [1.54, 1.807) is 0 Å². The van der Waals surface area contributed by atoms with Crippen molar-refractivity contribution < 1.29 is 0 Å². The molecule has 70 valence electrons. The Morgan fingerprint density at radius 2 is 2.14 bits per heavy atom. The molecule has 1 heteroatoms. The molecule has 0 heterocycles. The van der Waals surface area contributed by atoms with Crippen LogP contribution in [0.5, 0.6) is 0 Å². The summed E-state index contributed by atoms with van der Waals surface area (Å²) in [6.07, 6.45) is 7.24. The van der Waals surface area contributed by atoms with Crippen LogP contribution in [0.4, 0.5) is 0 Å². The summed E-state index contributed by atoms with van der Waals surface area (Å²) in [5.74, 6) is 0. The molecule has 0 saturated heterocycles. The van der Waals surface area contributed by atoms with Gasteiger partial charge >= 0.3 is 0 Å². The van der Waals surface area contributed by atoms with Gasteiger partial charge in [0.25, 0.3) is 0 Å². The summed E-state index contributed by atoms with van der Waals surface area (Å²) in [5, 5.41) is 8.79. The molecule has 0 fully saturated rings. The molecule has 1 aromatic rings. The van der Waals surface area contributed by atoms with Crippen molar-refractivity contribution in [3.8, 4) is 6.07 Å². The number of rotatable bonds is 1. The Morgan fingerprint density at radius 1 is 1.21 bits per heavy atom. The van der Waals surface area contributed by atoms with E-state index in [4.69, 9.17) is 5.26 Å². The van der Waals surface area contributed by atoms with Crippen molar-refractivity contribution in [2.45, 2.75) is 25.7 Å². The van der Waals surface area contributed by atoms with Crippen LogP contribution in [0.25, 0.3) is 5.57 Å². The summed E-state index contributed by atoms with van der Waals surface area (Å²) in [6, 6.07) is 10.1. The second-order valence-corrected chi connectivity index (χ2v) is 3.67. The Morgan fingerprint density at radius 3 is 2.86 bits per heavy atom. The van der Waals surface area contributed by atoms with Gasteiger partial charge in [-0.15, -0.1) is 0 Å². The van der Waals surface area contributed by atoms with Gasteiger partial charge in [-0.3, -0.25) is 0 Å². The smallest absolute Gasteiger partial charge is 0.0991 e. The lowest BCUT2D eigenvalue weighted by Crippen LogP contribution is -1.91. The first-order valence-corrected chi connectivity index (χ1v) is 5.10. The van der Waals surface area contributed by atoms with E-state index in [-0.39, 0.29) is 0 Å². The zero-order valence-corrected chi connectivity index (χ0v) is 8.16. The molecular weight excluding hydrogens is 170 g/mol. The highest BCUT2D eigenvalue weighted by Crippen LogP contribution is 2.26. The molecule has 0 saturated carbocycles. The summed E-state index contributed by atoms with van der Waals surface area (Å²) in [5.41, 5.74) is 3.39. The summed E-state index contributed by atoms with van der Waals surface area (Å²) in [6.45, 7) is 0. The second kappa shape index (κ2) is 4.11. The number of nitriles is 1. The summed E-state index contributed by atoms with van der Waals surface area (Å²) >= 11 is 0. The molecule has 0 radical (unpaired) electrons. The summed E-state index contributed by atoms with van der Waals surface area (Å²) in [4.78, 5) is 0. The average Bonchev–Trinajstić information content (AvgIpc) is 2.30. The van der Waals surface area contributed by atoms with Gasteiger partial charge in [0.2, 0.25) is 0 Å². The van der Waals surface area contributed by atoms with Crippen LogP contribution in [0.2, 0.25) is 0 Å². The summed E-state index contributed by atoms with van der Waals surface area (Å²) < 4.78 is 0. The van der Waals surface area contributed by atoms with Crippen molar-refractivity contribution in [3.05, 3.63) is 41.5 Å². The van der Waals surface area contributed by atoms with Crippen LogP contribution >= 0.6 is 0 Å². The van der Waals surface area contributed by atoms with Crippen molar-refractivity contribution in [2.24, 2.45) is 0 Å². The number of benzene rings is 1. The first-order valence-electron chi connectivity index (χ1n) is 5.10. The summed E-state index contributed by atoms with van der Waals surface area (Å²) in [7, 11) is 0. The Bertz CT molecular complexity index is 396. The Labute approximate surface area is 84.7 Å². The van der Waals surface area contributed by atoms with Crippen molar-refractivity contribution in [2.75, 3.05) is 0 Å². The van der Waals surface area contributed by atoms with Crippen LogP contribution in [0.15, 0.2) is 30.3 Å². The molecule has 1 aromatic carbocycles. The normalized spacial score (nSPS) is 15.8. The first-order chi connectivity index (χ1) is 6.90.